The summed E-state index contributed by atoms with van der Waals surface area (Å²) in [6, 6.07) is 12.8. The van der Waals surface area contributed by atoms with Crippen molar-refractivity contribution in [3.05, 3.63) is 56.4 Å². The second-order valence-corrected chi connectivity index (χ2v) is 6.24. The maximum absolute atomic E-state index is 11.9. The van der Waals surface area contributed by atoms with Gasteiger partial charge in [-0.1, -0.05) is 33.6 Å². The summed E-state index contributed by atoms with van der Waals surface area (Å²) < 4.78 is 1.78. The Morgan fingerprint density at radius 3 is 2.70 bits per heavy atom. The molecular formula is C14H11Br2ClN2O. The number of rotatable bonds is 4. The van der Waals surface area contributed by atoms with E-state index in [1.54, 1.807) is 12.1 Å². The van der Waals surface area contributed by atoms with E-state index < -0.39 is 0 Å². The quantitative estimate of drug-likeness (QED) is 0.740. The number of nitrogens with one attached hydrogen (secondary N) is 2. The fourth-order valence-corrected chi connectivity index (χ4v) is 2.54. The zero-order valence-corrected chi connectivity index (χ0v) is 14.2. The topological polar surface area (TPSA) is 41.1 Å². The molecule has 20 heavy (non-hydrogen) atoms. The number of halogens is 3. The molecule has 1 amide bonds. The molecule has 3 nitrogen and oxygen atoms in total. The number of anilines is 2. The Bertz CT molecular complexity index is 634. The second-order valence-electron chi connectivity index (χ2n) is 4.04. The molecule has 0 aliphatic carbocycles. The second kappa shape index (κ2) is 7.11. The minimum absolute atomic E-state index is 0.130. The van der Waals surface area contributed by atoms with Gasteiger partial charge in [0, 0.05) is 19.7 Å². The summed E-state index contributed by atoms with van der Waals surface area (Å²) in [7, 11) is 0. The van der Waals surface area contributed by atoms with E-state index in [1.165, 1.54) is 0 Å². The molecule has 6 heteroatoms. The lowest BCUT2D eigenvalue weighted by atomic mass is 10.3. The number of carbonyl (C=O) groups excluding carboxylic acids is 1. The van der Waals surface area contributed by atoms with Gasteiger partial charge in [-0.3, -0.25) is 4.79 Å². The van der Waals surface area contributed by atoms with Crippen LogP contribution in [0.5, 0.6) is 0 Å². The molecule has 0 unspecified atom stereocenters. The van der Waals surface area contributed by atoms with E-state index in [0.29, 0.717) is 5.02 Å². The maximum Gasteiger partial charge on any atom is 0.243 e. The minimum atomic E-state index is -0.130. The van der Waals surface area contributed by atoms with E-state index in [1.807, 2.05) is 30.3 Å². The fourth-order valence-electron chi connectivity index (χ4n) is 1.58. The lowest BCUT2D eigenvalue weighted by molar-refractivity contribution is -0.114. The summed E-state index contributed by atoms with van der Waals surface area (Å²) in [6.45, 7) is 0.158. The average Bonchev–Trinajstić information content (AvgIpc) is 2.40. The van der Waals surface area contributed by atoms with Gasteiger partial charge in [-0.05, 0) is 52.3 Å². The van der Waals surface area contributed by atoms with Gasteiger partial charge in [0.15, 0.2) is 0 Å². The molecule has 0 atom stereocenters. The molecule has 0 radical (unpaired) electrons. The van der Waals surface area contributed by atoms with Crippen molar-refractivity contribution in [2.45, 2.75) is 0 Å². The van der Waals surface area contributed by atoms with Crippen LogP contribution in [0.15, 0.2) is 51.4 Å². The Labute approximate surface area is 139 Å². The molecular weight excluding hydrogens is 407 g/mol. The Hall–Kier alpha value is -1.04. The van der Waals surface area contributed by atoms with Crippen LogP contribution in [0.25, 0.3) is 0 Å². The molecule has 2 rings (SSSR count). The first-order chi connectivity index (χ1) is 9.54. The van der Waals surface area contributed by atoms with Crippen LogP contribution in [0.3, 0.4) is 0 Å². The molecule has 0 spiro atoms. The van der Waals surface area contributed by atoms with E-state index in [4.69, 9.17) is 11.6 Å². The monoisotopic (exact) mass is 416 g/mol. The van der Waals surface area contributed by atoms with Crippen LogP contribution in [0.4, 0.5) is 11.4 Å². The molecule has 2 aromatic carbocycles. The van der Waals surface area contributed by atoms with E-state index in [-0.39, 0.29) is 12.5 Å². The number of hydrogen-bond acceptors (Lipinski definition) is 2. The van der Waals surface area contributed by atoms with Crippen LogP contribution < -0.4 is 10.6 Å². The highest BCUT2D eigenvalue weighted by Crippen LogP contribution is 2.25. The number of amides is 1. The predicted molar refractivity (Wildman–Crippen MR) is 90.4 cm³/mol. The van der Waals surface area contributed by atoms with Gasteiger partial charge in [0.2, 0.25) is 5.91 Å². The summed E-state index contributed by atoms with van der Waals surface area (Å²) in [4.78, 5) is 11.9. The molecule has 0 aliphatic rings. The van der Waals surface area contributed by atoms with Gasteiger partial charge in [0.1, 0.15) is 0 Å². The Balaban J connectivity index is 1.94. The predicted octanol–water partition coefficient (Wildman–Crippen LogP) is 4.92. The van der Waals surface area contributed by atoms with Gasteiger partial charge in [-0.15, -0.1) is 0 Å². The summed E-state index contributed by atoms with van der Waals surface area (Å²) >= 11 is 12.7. The third-order valence-corrected chi connectivity index (χ3v) is 3.90. The third-order valence-electron chi connectivity index (χ3n) is 2.48. The zero-order valence-electron chi connectivity index (χ0n) is 10.3. The van der Waals surface area contributed by atoms with Gasteiger partial charge < -0.3 is 10.6 Å². The molecule has 0 aromatic heterocycles. The highest BCUT2D eigenvalue weighted by atomic mass is 79.9. The first kappa shape index (κ1) is 15.4. The van der Waals surface area contributed by atoms with Crippen LogP contribution >= 0.6 is 43.5 Å². The van der Waals surface area contributed by atoms with Gasteiger partial charge in [-0.25, -0.2) is 0 Å². The normalized spacial score (nSPS) is 10.2. The van der Waals surface area contributed by atoms with Crippen molar-refractivity contribution in [1.29, 1.82) is 0 Å². The fraction of sp³-hybridized carbons (Fsp3) is 0.0714. The van der Waals surface area contributed by atoms with Crippen LogP contribution in [-0.2, 0) is 4.79 Å². The maximum atomic E-state index is 11.9. The summed E-state index contributed by atoms with van der Waals surface area (Å²) in [5, 5.41) is 6.45. The van der Waals surface area contributed by atoms with E-state index in [0.717, 1.165) is 20.3 Å². The van der Waals surface area contributed by atoms with Crippen LogP contribution in [0.2, 0.25) is 5.02 Å². The van der Waals surface area contributed by atoms with Crippen molar-refractivity contribution in [2.75, 3.05) is 17.2 Å². The molecule has 0 aliphatic heterocycles. The first-order valence-corrected chi connectivity index (χ1v) is 7.75. The lowest BCUT2D eigenvalue weighted by Gasteiger charge is -2.10. The van der Waals surface area contributed by atoms with Crippen molar-refractivity contribution >= 4 is 60.7 Å². The van der Waals surface area contributed by atoms with E-state index >= 15 is 0 Å². The van der Waals surface area contributed by atoms with Crippen LogP contribution in [0, 0.1) is 0 Å². The molecule has 104 valence electrons. The van der Waals surface area contributed by atoms with E-state index in [9.17, 15) is 4.79 Å². The van der Waals surface area contributed by atoms with E-state index in [2.05, 4.69) is 42.5 Å². The minimum Gasteiger partial charge on any atom is -0.375 e. The Morgan fingerprint density at radius 1 is 1.15 bits per heavy atom. The SMILES string of the molecule is O=C(CNc1cc(Cl)ccc1Br)Nc1cccc(Br)c1. The zero-order chi connectivity index (χ0) is 14.5. The molecule has 2 aromatic rings. The van der Waals surface area contributed by atoms with Crippen LogP contribution in [0.1, 0.15) is 0 Å². The molecule has 0 bridgehead atoms. The molecule has 0 saturated carbocycles. The standard InChI is InChI=1S/C14H11Br2ClN2O/c15-9-2-1-3-11(6-9)19-14(20)8-18-13-7-10(17)4-5-12(13)16/h1-7,18H,8H2,(H,19,20). The summed E-state index contributed by atoms with van der Waals surface area (Å²) in [6.07, 6.45) is 0. The van der Waals surface area contributed by atoms with Gasteiger partial charge in [-0.2, -0.15) is 0 Å². The number of benzene rings is 2. The Kier molecular flexibility index (Phi) is 5.46. The van der Waals surface area contributed by atoms with Crippen molar-refractivity contribution < 1.29 is 4.79 Å². The largest absolute Gasteiger partial charge is 0.375 e. The highest BCUT2D eigenvalue weighted by molar-refractivity contribution is 9.10. The molecule has 2 N–H and O–H groups in total. The molecule has 0 heterocycles. The summed E-state index contributed by atoms with van der Waals surface area (Å²) in [5.41, 5.74) is 1.53. The number of carbonyl (C=O) groups is 1. The first-order valence-electron chi connectivity index (χ1n) is 5.79. The molecule has 0 saturated heterocycles. The third kappa shape index (κ3) is 4.51. The smallest absolute Gasteiger partial charge is 0.243 e. The molecule has 0 fully saturated rings. The van der Waals surface area contributed by atoms with Crippen molar-refractivity contribution in [1.82, 2.24) is 0 Å². The van der Waals surface area contributed by atoms with Gasteiger partial charge >= 0.3 is 0 Å². The number of hydrogen-bond donors (Lipinski definition) is 2. The van der Waals surface area contributed by atoms with Gasteiger partial charge in [0.25, 0.3) is 0 Å². The van der Waals surface area contributed by atoms with Crippen LogP contribution in [-0.4, -0.2) is 12.5 Å². The Morgan fingerprint density at radius 2 is 1.95 bits per heavy atom. The van der Waals surface area contributed by atoms with Gasteiger partial charge in [0.05, 0.1) is 12.2 Å². The highest BCUT2D eigenvalue weighted by Gasteiger charge is 2.05. The van der Waals surface area contributed by atoms with Crippen molar-refractivity contribution in [3.8, 4) is 0 Å². The lowest BCUT2D eigenvalue weighted by Crippen LogP contribution is -2.21. The summed E-state index contributed by atoms with van der Waals surface area (Å²) in [5.74, 6) is -0.130. The average molecular weight is 419 g/mol. The van der Waals surface area contributed by atoms with Crippen molar-refractivity contribution in [3.63, 3.8) is 0 Å². The van der Waals surface area contributed by atoms with Crippen molar-refractivity contribution in [2.24, 2.45) is 0 Å².